The molecule has 23 heavy (non-hydrogen) atoms. The van der Waals surface area contributed by atoms with E-state index in [2.05, 4.69) is 32.6 Å². The molecule has 1 unspecified atom stereocenters. The summed E-state index contributed by atoms with van der Waals surface area (Å²) in [6.07, 6.45) is 6.19. The maximum atomic E-state index is 11.8. The van der Waals surface area contributed by atoms with Gasteiger partial charge >= 0.3 is 5.97 Å². The van der Waals surface area contributed by atoms with Crippen LogP contribution in [0.15, 0.2) is 12.5 Å². The van der Waals surface area contributed by atoms with Gasteiger partial charge in [0.1, 0.15) is 5.01 Å². The lowest BCUT2D eigenvalue weighted by molar-refractivity contribution is 0.0593. The molecule has 124 valence electrons. The third kappa shape index (κ3) is 3.30. The van der Waals surface area contributed by atoms with E-state index in [0.29, 0.717) is 5.69 Å². The molecular weight excluding hydrogens is 312 g/mol. The predicted octanol–water partition coefficient (Wildman–Crippen LogP) is 2.79. The Balaban J connectivity index is 1.77. The van der Waals surface area contributed by atoms with E-state index in [0.717, 1.165) is 48.1 Å². The average molecular weight is 334 g/mol. The highest BCUT2D eigenvalue weighted by atomic mass is 32.1. The van der Waals surface area contributed by atoms with Crippen LogP contribution in [0.3, 0.4) is 0 Å². The lowest BCUT2D eigenvalue weighted by Crippen LogP contribution is -2.23. The quantitative estimate of drug-likeness (QED) is 0.787. The summed E-state index contributed by atoms with van der Waals surface area (Å²) in [6.45, 7) is 6.83. The summed E-state index contributed by atoms with van der Waals surface area (Å²) >= 11 is 1.60. The molecule has 1 atom stereocenters. The number of nitrogens with zero attached hydrogens (tertiary/aromatic N) is 4. The van der Waals surface area contributed by atoms with E-state index in [1.54, 1.807) is 11.3 Å². The summed E-state index contributed by atoms with van der Waals surface area (Å²) < 4.78 is 6.90. The maximum Gasteiger partial charge on any atom is 0.357 e. The van der Waals surface area contributed by atoms with Crippen LogP contribution >= 0.6 is 11.3 Å². The Kier molecular flexibility index (Phi) is 4.77. The highest BCUT2D eigenvalue weighted by molar-refractivity contribution is 7.11. The number of carbonyl (C=O) groups excluding carboxylic acids is 1. The number of hydrogen-bond donors (Lipinski definition) is 0. The molecule has 0 spiro atoms. The van der Waals surface area contributed by atoms with Crippen molar-refractivity contribution in [1.82, 2.24) is 19.4 Å². The minimum Gasteiger partial charge on any atom is -0.464 e. The van der Waals surface area contributed by atoms with Gasteiger partial charge in [0.2, 0.25) is 0 Å². The van der Waals surface area contributed by atoms with Gasteiger partial charge in [-0.1, -0.05) is 0 Å². The molecule has 0 radical (unpaired) electrons. The molecule has 6 nitrogen and oxygen atoms in total. The maximum absolute atomic E-state index is 11.8. The second-order valence-electron chi connectivity index (χ2n) is 5.77. The van der Waals surface area contributed by atoms with Gasteiger partial charge in [0.25, 0.3) is 0 Å². The van der Waals surface area contributed by atoms with E-state index in [1.165, 1.54) is 7.11 Å². The molecule has 0 aliphatic carbocycles. The molecule has 0 bridgehead atoms. The van der Waals surface area contributed by atoms with Gasteiger partial charge in [0.05, 0.1) is 25.2 Å². The summed E-state index contributed by atoms with van der Waals surface area (Å²) in [5.74, 6) is -0.351. The van der Waals surface area contributed by atoms with Gasteiger partial charge in [0, 0.05) is 24.2 Å². The molecule has 3 rings (SSSR count). The Morgan fingerprint density at radius 1 is 1.52 bits per heavy atom. The number of aromatic nitrogens is 3. The van der Waals surface area contributed by atoms with Crippen LogP contribution in [-0.2, 0) is 17.8 Å². The summed E-state index contributed by atoms with van der Waals surface area (Å²) in [7, 11) is 1.40. The van der Waals surface area contributed by atoms with Crippen LogP contribution < -0.4 is 0 Å². The summed E-state index contributed by atoms with van der Waals surface area (Å²) in [4.78, 5) is 24.1. The minimum absolute atomic E-state index is 0.267. The molecule has 7 heteroatoms. The molecular formula is C16H22N4O2S. The Morgan fingerprint density at radius 3 is 3.04 bits per heavy atom. The average Bonchev–Trinajstić information content (AvgIpc) is 3.26. The first-order valence-electron chi connectivity index (χ1n) is 7.92. The highest BCUT2D eigenvalue weighted by Gasteiger charge is 2.30. The topological polar surface area (TPSA) is 60.2 Å². The molecule has 0 aromatic carbocycles. The van der Waals surface area contributed by atoms with Crippen molar-refractivity contribution in [2.24, 2.45) is 0 Å². The number of carbonyl (C=O) groups is 1. The number of likely N-dealkylation sites (tertiary alicyclic amines) is 1. The van der Waals surface area contributed by atoms with Crippen LogP contribution in [0.1, 0.15) is 51.9 Å². The van der Waals surface area contributed by atoms with E-state index in [4.69, 9.17) is 4.74 Å². The summed E-state index contributed by atoms with van der Waals surface area (Å²) in [5.41, 5.74) is 1.54. The Bertz CT molecular complexity index is 694. The predicted molar refractivity (Wildman–Crippen MR) is 88.5 cm³/mol. The van der Waals surface area contributed by atoms with Gasteiger partial charge in [0.15, 0.2) is 5.69 Å². The van der Waals surface area contributed by atoms with Gasteiger partial charge in [-0.25, -0.2) is 14.8 Å². The SMILES string of the molecule is CCn1cnc(CN2CCCC2c2nc(C(=O)OC)c(C)s2)c1. The number of methoxy groups -OCH3 is 1. The fraction of sp³-hybridized carbons (Fsp3) is 0.562. The van der Waals surface area contributed by atoms with Crippen molar-refractivity contribution in [3.05, 3.63) is 33.8 Å². The third-order valence-corrected chi connectivity index (χ3v) is 5.33. The fourth-order valence-corrected chi connectivity index (χ4v) is 4.09. The minimum atomic E-state index is -0.351. The molecule has 1 saturated heterocycles. The largest absolute Gasteiger partial charge is 0.464 e. The van der Waals surface area contributed by atoms with E-state index in [-0.39, 0.29) is 12.0 Å². The zero-order valence-electron chi connectivity index (χ0n) is 13.8. The number of hydrogen-bond acceptors (Lipinski definition) is 6. The number of rotatable bonds is 5. The van der Waals surface area contributed by atoms with Crippen LogP contribution in [0, 0.1) is 6.92 Å². The van der Waals surface area contributed by atoms with Crippen molar-refractivity contribution in [2.75, 3.05) is 13.7 Å². The molecule has 3 heterocycles. The van der Waals surface area contributed by atoms with Crippen LogP contribution in [0.2, 0.25) is 0 Å². The molecule has 1 aliphatic heterocycles. The highest BCUT2D eigenvalue weighted by Crippen LogP contribution is 2.36. The molecule has 0 N–H and O–H groups in total. The van der Waals surface area contributed by atoms with Gasteiger partial charge < -0.3 is 9.30 Å². The van der Waals surface area contributed by atoms with Gasteiger partial charge in [-0.05, 0) is 33.2 Å². The Morgan fingerprint density at radius 2 is 2.35 bits per heavy atom. The van der Waals surface area contributed by atoms with Crippen LogP contribution in [0.5, 0.6) is 0 Å². The smallest absolute Gasteiger partial charge is 0.357 e. The third-order valence-electron chi connectivity index (χ3n) is 4.26. The van der Waals surface area contributed by atoms with Crippen molar-refractivity contribution in [1.29, 1.82) is 0 Å². The molecule has 2 aromatic rings. The van der Waals surface area contributed by atoms with Crippen LogP contribution in [0.4, 0.5) is 0 Å². The fourth-order valence-electron chi connectivity index (χ4n) is 3.01. The van der Waals surface area contributed by atoms with Crippen LogP contribution in [0.25, 0.3) is 0 Å². The zero-order valence-corrected chi connectivity index (χ0v) is 14.6. The van der Waals surface area contributed by atoms with E-state index in [9.17, 15) is 4.79 Å². The van der Waals surface area contributed by atoms with Gasteiger partial charge in [-0.2, -0.15) is 0 Å². The van der Waals surface area contributed by atoms with E-state index in [1.807, 2.05) is 13.3 Å². The normalized spacial score (nSPS) is 18.5. The van der Waals surface area contributed by atoms with Crippen molar-refractivity contribution >= 4 is 17.3 Å². The van der Waals surface area contributed by atoms with Crippen molar-refractivity contribution in [3.8, 4) is 0 Å². The molecule has 0 amide bonds. The van der Waals surface area contributed by atoms with Gasteiger partial charge in [-0.3, -0.25) is 4.90 Å². The number of thiazole rings is 1. The van der Waals surface area contributed by atoms with Crippen molar-refractivity contribution in [3.63, 3.8) is 0 Å². The monoisotopic (exact) mass is 334 g/mol. The second kappa shape index (κ2) is 6.80. The van der Waals surface area contributed by atoms with Gasteiger partial charge in [-0.15, -0.1) is 11.3 Å². The number of esters is 1. The number of aryl methyl sites for hydroxylation is 2. The standard InChI is InChI=1S/C16H22N4O2S/c1-4-19-8-12(17-10-19)9-20-7-5-6-13(20)15-18-14(11(2)23-15)16(21)22-3/h8,10,13H,4-7,9H2,1-3H3. The van der Waals surface area contributed by atoms with E-state index >= 15 is 0 Å². The first kappa shape index (κ1) is 16.1. The van der Waals surface area contributed by atoms with Crippen molar-refractivity contribution < 1.29 is 9.53 Å². The van der Waals surface area contributed by atoms with Crippen molar-refractivity contribution in [2.45, 2.75) is 45.8 Å². The summed E-state index contributed by atoms with van der Waals surface area (Å²) in [6, 6.07) is 0.267. The Hall–Kier alpha value is -1.73. The Labute approximate surface area is 140 Å². The lowest BCUT2D eigenvalue weighted by atomic mass is 10.2. The zero-order chi connectivity index (χ0) is 16.4. The second-order valence-corrected chi connectivity index (χ2v) is 7.01. The molecule has 2 aromatic heterocycles. The first-order valence-corrected chi connectivity index (χ1v) is 8.74. The molecule has 0 saturated carbocycles. The molecule has 1 aliphatic rings. The lowest BCUT2D eigenvalue weighted by Gasteiger charge is -2.21. The van der Waals surface area contributed by atoms with E-state index < -0.39 is 0 Å². The number of imidazole rings is 1. The summed E-state index contributed by atoms with van der Waals surface area (Å²) in [5, 5.41) is 1.01. The molecule has 1 fully saturated rings. The van der Waals surface area contributed by atoms with Crippen LogP contribution in [-0.4, -0.2) is 39.1 Å². The first-order chi connectivity index (χ1) is 11.1. The number of ether oxygens (including phenoxy) is 1.